The molecule has 0 unspecified atom stereocenters. The van der Waals surface area contributed by atoms with E-state index in [0.29, 0.717) is 17.5 Å². The van der Waals surface area contributed by atoms with Gasteiger partial charge in [0.1, 0.15) is 19.2 Å². The fraction of sp³-hybridized carbons (Fsp3) is 0.0426. The van der Waals surface area contributed by atoms with Gasteiger partial charge >= 0.3 is 0 Å². The molecule has 0 atom stereocenters. The summed E-state index contributed by atoms with van der Waals surface area (Å²) in [7, 11) is -2.09. The molecule has 11 rings (SSSR count). The van der Waals surface area contributed by atoms with Crippen molar-refractivity contribution in [2.24, 2.45) is 0 Å². The van der Waals surface area contributed by atoms with Crippen LogP contribution < -0.4 is 10.4 Å². The Balaban J connectivity index is 1.23. The van der Waals surface area contributed by atoms with E-state index in [2.05, 4.69) is 159 Å². The summed E-state index contributed by atoms with van der Waals surface area (Å²) >= 11 is 0. The fourth-order valence-electron chi connectivity index (χ4n) is 8.45. The van der Waals surface area contributed by atoms with Crippen molar-refractivity contribution in [3.8, 4) is 45.3 Å². The van der Waals surface area contributed by atoms with Crippen LogP contribution in [0.2, 0.25) is 13.1 Å². The van der Waals surface area contributed by atoms with Crippen LogP contribution in [0.5, 0.6) is 0 Å². The van der Waals surface area contributed by atoms with Gasteiger partial charge < -0.3 is 4.42 Å². The van der Waals surface area contributed by atoms with Crippen molar-refractivity contribution in [3.63, 3.8) is 0 Å². The molecular weight excluding hydrogens is 651 g/mol. The van der Waals surface area contributed by atoms with Gasteiger partial charge in [-0.1, -0.05) is 140 Å². The van der Waals surface area contributed by atoms with Crippen LogP contribution in [-0.2, 0) is 0 Å². The van der Waals surface area contributed by atoms with Gasteiger partial charge in [0.2, 0.25) is 0 Å². The van der Waals surface area contributed by atoms with Crippen molar-refractivity contribution in [1.82, 2.24) is 15.0 Å². The first kappa shape index (κ1) is 29.3. The maximum absolute atomic E-state index is 6.83. The summed E-state index contributed by atoms with van der Waals surface area (Å²) in [5, 5.41) is 12.0. The molecule has 0 radical (unpaired) electrons. The number of aromatic nitrogens is 3. The highest BCUT2D eigenvalue weighted by Gasteiger charge is 2.40. The average molecular weight is 682 g/mol. The molecule has 1 aliphatic heterocycles. The minimum atomic E-state index is -2.09. The quantitative estimate of drug-likeness (QED) is 0.138. The Morgan fingerprint density at radius 2 is 1.04 bits per heavy atom. The van der Waals surface area contributed by atoms with Crippen LogP contribution in [0.15, 0.2) is 156 Å². The van der Waals surface area contributed by atoms with Crippen molar-refractivity contribution >= 4 is 72.7 Å². The van der Waals surface area contributed by atoms with Crippen molar-refractivity contribution in [3.05, 3.63) is 152 Å². The Labute approximate surface area is 301 Å². The van der Waals surface area contributed by atoms with E-state index in [9.17, 15) is 0 Å². The number of fused-ring (bicyclic) bond motifs is 11. The third-order valence-corrected chi connectivity index (χ3v) is 14.6. The molecule has 0 saturated heterocycles. The van der Waals surface area contributed by atoms with Crippen LogP contribution in [-0.4, -0.2) is 23.0 Å². The lowest BCUT2D eigenvalue weighted by atomic mass is 9.98. The zero-order valence-corrected chi connectivity index (χ0v) is 29.7. The summed E-state index contributed by atoms with van der Waals surface area (Å²) < 4.78 is 6.83. The van der Waals surface area contributed by atoms with Crippen LogP contribution in [0.1, 0.15) is 0 Å². The predicted octanol–water partition coefficient (Wildman–Crippen LogP) is 11.0. The summed E-state index contributed by atoms with van der Waals surface area (Å²) in [4.78, 5) is 15.9. The van der Waals surface area contributed by atoms with Gasteiger partial charge in [0.15, 0.2) is 17.5 Å². The van der Waals surface area contributed by atoms with E-state index in [1.807, 2.05) is 6.07 Å². The molecule has 4 nitrogen and oxygen atoms in total. The SMILES string of the molecule is C[Si]1(C)c2ccccc2-c2c1cc(-c1nc(-c3ccc4ccccc4c3)nc(-c3ccc4ccc5ccccc5c4c3)n1)c1c2oc2ccccc21. The van der Waals surface area contributed by atoms with Crippen LogP contribution >= 0.6 is 0 Å². The molecule has 0 aliphatic carbocycles. The topological polar surface area (TPSA) is 51.8 Å². The maximum Gasteiger partial charge on any atom is 0.164 e. The monoisotopic (exact) mass is 681 g/mol. The minimum Gasteiger partial charge on any atom is -0.455 e. The normalized spacial score (nSPS) is 13.3. The first-order valence-corrected chi connectivity index (χ1v) is 20.8. The van der Waals surface area contributed by atoms with Crippen LogP contribution in [0.4, 0.5) is 0 Å². The van der Waals surface area contributed by atoms with Gasteiger partial charge in [-0.25, -0.2) is 15.0 Å². The molecule has 10 aromatic rings. The van der Waals surface area contributed by atoms with E-state index in [1.165, 1.54) is 48.4 Å². The fourth-order valence-corrected chi connectivity index (χ4v) is 11.5. The smallest absolute Gasteiger partial charge is 0.164 e. The van der Waals surface area contributed by atoms with Crippen molar-refractivity contribution in [2.45, 2.75) is 13.1 Å². The number of nitrogens with zero attached hydrogens (tertiary/aromatic N) is 3. The van der Waals surface area contributed by atoms with Gasteiger partial charge in [-0.2, -0.15) is 0 Å². The standard InChI is InChI=1S/C47H31N3OSi/c1-52(2)40-18-10-8-16-36(40)43-41(52)27-38(42-35-15-7-9-17-39(35)51-44(42)43)47-49-45(32-23-19-28-11-3-4-13-31(28)25-32)48-46(50-47)33-24-22-30-21-20-29-12-5-6-14-34(29)37(30)26-33/h3-27H,1-2H3. The summed E-state index contributed by atoms with van der Waals surface area (Å²) in [5.74, 6) is 1.93. The summed E-state index contributed by atoms with van der Waals surface area (Å²) in [6.07, 6.45) is 0. The average Bonchev–Trinajstić information content (AvgIpc) is 3.69. The second-order valence-electron chi connectivity index (χ2n) is 14.4. The molecule has 52 heavy (non-hydrogen) atoms. The predicted molar refractivity (Wildman–Crippen MR) is 218 cm³/mol. The Morgan fingerprint density at radius 1 is 0.442 bits per heavy atom. The summed E-state index contributed by atoms with van der Waals surface area (Å²) in [5.41, 5.74) is 7.14. The number of para-hydroxylation sites is 1. The van der Waals surface area contributed by atoms with Gasteiger partial charge in [-0.3, -0.25) is 0 Å². The van der Waals surface area contributed by atoms with E-state index in [4.69, 9.17) is 19.4 Å². The van der Waals surface area contributed by atoms with Gasteiger partial charge in [0, 0.05) is 33.0 Å². The summed E-state index contributed by atoms with van der Waals surface area (Å²) in [6.45, 7) is 4.88. The molecule has 2 aromatic heterocycles. The lowest BCUT2D eigenvalue weighted by molar-refractivity contribution is 0.670. The van der Waals surface area contributed by atoms with Gasteiger partial charge in [0.05, 0.1) is 0 Å². The molecule has 0 saturated carbocycles. The lowest BCUT2D eigenvalue weighted by Gasteiger charge is -2.19. The largest absolute Gasteiger partial charge is 0.455 e. The third-order valence-electron chi connectivity index (χ3n) is 11.1. The Bertz CT molecular complexity index is 3120. The molecule has 0 bridgehead atoms. The molecule has 1 aliphatic rings. The highest BCUT2D eigenvalue weighted by molar-refractivity contribution is 7.04. The molecular formula is C47H31N3OSi. The number of hydrogen-bond acceptors (Lipinski definition) is 4. The van der Waals surface area contributed by atoms with Gasteiger partial charge in [-0.15, -0.1) is 0 Å². The Morgan fingerprint density at radius 3 is 1.87 bits per heavy atom. The molecule has 0 amide bonds. The second kappa shape index (κ2) is 10.8. The lowest BCUT2D eigenvalue weighted by Crippen LogP contribution is -2.49. The maximum atomic E-state index is 6.83. The third kappa shape index (κ3) is 4.23. The Kier molecular flexibility index (Phi) is 6.08. The van der Waals surface area contributed by atoms with Crippen molar-refractivity contribution in [2.75, 3.05) is 0 Å². The first-order valence-electron chi connectivity index (χ1n) is 17.8. The van der Waals surface area contributed by atoms with E-state index in [0.717, 1.165) is 44.0 Å². The molecule has 0 fully saturated rings. The Hall–Kier alpha value is -6.43. The van der Waals surface area contributed by atoms with E-state index in [-0.39, 0.29) is 0 Å². The van der Waals surface area contributed by atoms with Gasteiger partial charge in [-0.05, 0) is 72.5 Å². The van der Waals surface area contributed by atoms with E-state index in [1.54, 1.807) is 0 Å². The molecule has 3 heterocycles. The number of furan rings is 1. The minimum absolute atomic E-state index is 0.643. The highest BCUT2D eigenvalue weighted by atomic mass is 28.3. The number of hydrogen-bond donors (Lipinski definition) is 0. The van der Waals surface area contributed by atoms with E-state index < -0.39 is 8.07 Å². The van der Waals surface area contributed by atoms with E-state index >= 15 is 0 Å². The first-order chi connectivity index (χ1) is 25.5. The summed E-state index contributed by atoms with van der Waals surface area (Å²) in [6, 6.07) is 53.9. The van der Waals surface area contributed by atoms with Gasteiger partial charge in [0.25, 0.3) is 0 Å². The zero-order chi connectivity index (χ0) is 34.6. The van der Waals surface area contributed by atoms with Crippen LogP contribution in [0, 0.1) is 0 Å². The molecule has 0 spiro atoms. The van der Waals surface area contributed by atoms with Crippen molar-refractivity contribution < 1.29 is 4.42 Å². The van der Waals surface area contributed by atoms with Crippen LogP contribution in [0.25, 0.3) is 99.5 Å². The molecule has 0 N–H and O–H groups in total. The number of rotatable bonds is 3. The highest BCUT2D eigenvalue weighted by Crippen LogP contribution is 2.43. The zero-order valence-electron chi connectivity index (χ0n) is 28.7. The molecule has 5 heteroatoms. The molecule has 8 aromatic carbocycles. The van der Waals surface area contributed by atoms with Crippen molar-refractivity contribution in [1.29, 1.82) is 0 Å². The second-order valence-corrected chi connectivity index (χ2v) is 18.7. The molecule has 244 valence electrons. The number of benzene rings is 8. The van der Waals surface area contributed by atoms with Crippen LogP contribution in [0.3, 0.4) is 0 Å².